The van der Waals surface area contributed by atoms with E-state index in [-0.39, 0.29) is 5.91 Å². The van der Waals surface area contributed by atoms with Gasteiger partial charge >= 0.3 is 0 Å². The van der Waals surface area contributed by atoms with Crippen LogP contribution in [0, 0.1) is 18.3 Å². The predicted molar refractivity (Wildman–Crippen MR) is 97.0 cm³/mol. The molecular weight excluding hydrogens is 312 g/mol. The zero-order chi connectivity index (χ0) is 17.9. The van der Waals surface area contributed by atoms with Crippen LogP contribution in [0.25, 0.3) is 11.3 Å². The fourth-order valence-electron chi connectivity index (χ4n) is 3.12. The first-order valence-electron chi connectivity index (χ1n) is 8.48. The maximum absolute atomic E-state index is 12.7. The van der Waals surface area contributed by atoms with E-state index in [1.54, 1.807) is 6.07 Å². The fourth-order valence-corrected chi connectivity index (χ4v) is 3.12. The predicted octanol–water partition coefficient (Wildman–Crippen LogP) is 2.77. The van der Waals surface area contributed by atoms with E-state index < -0.39 is 5.54 Å². The van der Waals surface area contributed by atoms with Crippen LogP contribution in [0.15, 0.2) is 42.5 Å². The van der Waals surface area contributed by atoms with Gasteiger partial charge in [0.1, 0.15) is 5.54 Å². The summed E-state index contributed by atoms with van der Waals surface area (Å²) in [6.07, 6.45) is 1.28. The van der Waals surface area contributed by atoms with Gasteiger partial charge in [-0.15, -0.1) is 0 Å². The molecule has 5 heteroatoms. The maximum atomic E-state index is 12.7. The van der Waals surface area contributed by atoms with Crippen LogP contribution in [-0.4, -0.2) is 41.5 Å². The Kier molecular flexibility index (Phi) is 4.82. The lowest BCUT2D eigenvalue weighted by molar-refractivity contribution is 0.0881. The molecule has 2 aromatic rings. The molecule has 0 bridgehead atoms. The minimum absolute atomic E-state index is 0.226. The van der Waals surface area contributed by atoms with Crippen LogP contribution >= 0.6 is 0 Å². The highest BCUT2D eigenvalue weighted by Crippen LogP contribution is 2.23. The number of likely N-dealkylation sites (tertiary alicyclic amines) is 1. The highest BCUT2D eigenvalue weighted by atomic mass is 16.1. The Balaban J connectivity index is 1.80. The van der Waals surface area contributed by atoms with Crippen molar-refractivity contribution in [2.75, 3.05) is 20.1 Å². The summed E-state index contributed by atoms with van der Waals surface area (Å²) in [5.74, 6) is -0.226. The number of amides is 1. The van der Waals surface area contributed by atoms with Crippen molar-refractivity contribution in [1.82, 2.24) is 15.2 Å². The second-order valence-electron chi connectivity index (χ2n) is 6.65. The molecule has 1 aliphatic heterocycles. The number of nitrogens with zero attached hydrogens (tertiary/aromatic N) is 3. The third kappa shape index (κ3) is 3.70. The van der Waals surface area contributed by atoms with Gasteiger partial charge in [0, 0.05) is 18.7 Å². The quantitative estimate of drug-likeness (QED) is 0.937. The van der Waals surface area contributed by atoms with Gasteiger partial charge in [-0.2, -0.15) is 5.26 Å². The number of hydrogen-bond donors (Lipinski definition) is 1. The number of benzene rings is 1. The molecule has 0 atom stereocenters. The van der Waals surface area contributed by atoms with Crippen molar-refractivity contribution in [3.05, 3.63) is 53.7 Å². The Labute approximate surface area is 148 Å². The Morgan fingerprint density at radius 1 is 1.20 bits per heavy atom. The van der Waals surface area contributed by atoms with Crippen LogP contribution in [0.4, 0.5) is 0 Å². The molecule has 1 fully saturated rings. The molecule has 1 aromatic heterocycles. The van der Waals surface area contributed by atoms with Crippen molar-refractivity contribution in [2.24, 2.45) is 0 Å². The monoisotopic (exact) mass is 334 g/mol. The number of carbonyl (C=O) groups is 1. The van der Waals surface area contributed by atoms with Gasteiger partial charge < -0.3 is 10.2 Å². The Bertz CT molecular complexity index is 802. The first kappa shape index (κ1) is 17.1. The lowest BCUT2D eigenvalue weighted by Gasteiger charge is -2.36. The number of nitriles is 1. The highest BCUT2D eigenvalue weighted by molar-refractivity contribution is 5.96. The summed E-state index contributed by atoms with van der Waals surface area (Å²) >= 11 is 0. The van der Waals surface area contributed by atoms with Gasteiger partial charge in [-0.1, -0.05) is 30.3 Å². The molecule has 0 radical (unpaired) electrons. The lowest BCUT2D eigenvalue weighted by Crippen LogP contribution is -2.53. The molecule has 3 rings (SSSR count). The van der Waals surface area contributed by atoms with E-state index in [2.05, 4.69) is 21.3 Å². The topological polar surface area (TPSA) is 69.0 Å². The van der Waals surface area contributed by atoms with Gasteiger partial charge in [0.25, 0.3) is 5.91 Å². The summed E-state index contributed by atoms with van der Waals surface area (Å²) in [7, 11) is 2.03. The van der Waals surface area contributed by atoms with Crippen LogP contribution in [-0.2, 0) is 0 Å². The van der Waals surface area contributed by atoms with Crippen molar-refractivity contribution in [3.63, 3.8) is 0 Å². The summed E-state index contributed by atoms with van der Waals surface area (Å²) in [6.45, 7) is 3.44. The van der Waals surface area contributed by atoms with E-state index in [0.717, 1.165) is 24.3 Å². The second-order valence-corrected chi connectivity index (χ2v) is 6.65. The number of aryl methyl sites for hydroxylation is 1. The molecule has 1 aromatic carbocycles. The van der Waals surface area contributed by atoms with Gasteiger partial charge in [-0.25, -0.2) is 0 Å². The minimum Gasteiger partial charge on any atom is -0.334 e. The van der Waals surface area contributed by atoms with E-state index in [4.69, 9.17) is 0 Å². The summed E-state index contributed by atoms with van der Waals surface area (Å²) in [5.41, 5.74) is 2.26. The fraction of sp³-hybridized carbons (Fsp3) is 0.350. The summed E-state index contributed by atoms with van der Waals surface area (Å²) in [6, 6.07) is 15.8. The summed E-state index contributed by atoms with van der Waals surface area (Å²) < 4.78 is 0. The number of aromatic nitrogens is 1. The molecule has 1 aliphatic rings. The SMILES string of the molecule is Cc1nc(-c2ccccc2)ccc1C(=O)NC1(C#N)CCN(C)CC1. The standard InChI is InChI=1S/C20H22N4O/c1-15-17(8-9-18(22-15)16-6-4-3-5-7-16)19(25)23-20(14-21)10-12-24(2)13-11-20/h3-9H,10-13H2,1-2H3,(H,23,25). The van der Waals surface area contributed by atoms with Crippen molar-refractivity contribution in [1.29, 1.82) is 5.26 Å². The molecule has 25 heavy (non-hydrogen) atoms. The zero-order valence-electron chi connectivity index (χ0n) is 14.6. The lowest BCUT2D eigenvalue weighted by atomic mass is 9.88. The Morgan fingerprint density at radius 2 is 1.88 bits per heavy atom. The van der Waals surface area contributed by atoms with Gasteiger partial charge in [-0.3, -0.25) is 9.78 Å². The minimum atomic E-state index is -0.784. The van der Waals surface area contributed by atoms with Crippen molar-refractivity contribution in [2.45, 2.75) is 25.3 Å². The molecule has 0 spiro atoms. The average Bonchev–Trinajstić information content (AvgIpc) is 2.64. The summed E-state index contributed by atoms with van der Waals surface area (Å²) in [4.78, 5) is 19.4. The van der Waals surface area contributed by atoms with Gasteiger partial charge in [0.15, 0.2) is 0 Å². The van der Waals surface area contributed by atoms with Crippen molar-refractivity contribution < 1.29 is 4.79 Å². The number of nitrogens with one attached hydrogen (secondary N) is 1. The Hall–Kier alpha value is -2.71. The van der Waals surface area contributed by atoms with Crippen LogP contribution < -0.4 is 5.32 Å². The molecule has 1 amide bonds. The zero-order valence-corrected chi connectivity index (χ0v) is 14.6. The van der Waals surface area contributed by atoms with Crippen LogP contribution in [0.1, 0.15) is 28.9 Å². The molecule has 0 aliphatic carbocycles. The van der Waals surface area contributed by atoms with E-state index in [0.29, 0.717) is 24.1 Å². The van der Waals surface area contributed by atoms with E-state index >= 15 is 0 Å². The van der Waals surface area contributed by atoms with E-state index in [1.807, 2.05) is 50.4 Å². The number of piperidine rings is 1. The van der Waals surface area contributed by atoms with Crippen molar-refractivity contribution in [3.8, 4) is 17.3 Å². The van der Waals surface area contributed by atoms with Crippen LogP contribution in [0.5, 0.6) is 0 Å². The number of hydrogen-bond acceptors (Lipinski definition) is 4. The average molecular weight is 334 g/mol. The first-order valence-corrected chi connectivity index (χ1v) is 8.48. The normalized spacial score (nSPS) is 16.8. The molecule has 1 saturated heterocycles. The molecule has 0 unspecified atom stereocenters. The molecule has 1 N–H and O–H groups in total. The highest BCUT2D eigenvalue weighted by Gasteiger charge is 2.35. The third-order valence-electron chi connectivity index (χ3n) is 4.81. The molecule has 128 valence electrons. The van der Waals surface area contributed by atoms with Crippen molar-refractivity contribution >= 4 is 5.91 Å². The van der Waals surface area contributed by atoms with E-state index in [1.165, 1.54) is 0 Å². The maximum Gasteiger partial charge on any atom is 0.254 e. The van der Waals surface area contributed by atoms with Crippen LogP contribution in [0.3, 0.4) is 0 Å². The largest absolute Gasteiger partial charge is 0.334 e. The third-order valence-corrected chi connectivity index (χ3v) is 4.81. The van der Waals surface area contributed by atoms with Gasteiger partial charge in [-0.05, 0) is 38.9 Å². The van der Waals surface area contributed by atoms with Crippen LogP contribution in [0.2, 0.25) is 0 Å². The number of carbonyl (C=O) groups excluding carboxylic acids is 1. The summed E-state index contributed by atoms with van der Waals surface area (Å²) in [5, 5.41) is 12.5. The Morgan fingerprint density at radius 3 is 2.48 bits per heavy atom. The second kappa shape index (κ2) is 7.04. The van der Waals surface area contributed by atoms with Gasteiger partial charge in [0.2, 0.25) is 0 Å². The molecular formula is C20H22N4O. The molecule has 5 nitrogen and oxygen atoms in total. The smallest absolute Gasteiger partial charge is 0.254 e. The number of pyridine rings is 1. The van der Waals surface area contributed by atoms with Gasteiger partial charge in [0.05, 0.1) is 23.0 Å². The van der Waals surface area contributed by atoms with E-state index in [9.17, 15) is 10.1 Å². The molecule has 0 saturated carbocycles. The first-order chi connectivity index (χ1) is 12.0. The number of rotatable bonds is 3. The molecule has 2 heterocycles.